The van der Waals surface area contributed by atoms with Crippen LogP contribution in [-0.4, -0.2) is 45.5 Å². The largest absolute Gasteiger partial charge is 0.478 e. The van der Waals surface area contributed by atoms with Gasteiger partial charge in [-0.2, -0.15) is 0 Å². The van der Waals surface area contributed by atoms with Gasteiger partial charge in [0.05, 0.1) is 11.4 Å². The van der Waals surface area contributed by atoms with Crippen LogP contribution in [0.1, 0.15) is 31.8 Å². The van der Waals surface area contributed by atoms with Crippen molar-refractivity contribution in [1.82, 2.24) is 4.90 Å². The summed E-state index contributed by atoms with van der Waals surface area (Å²) in [6, 6.07) is 10.9. The van der Waals surface area contributed by atoms with Crippen molar-refractivity contribution in [3.05, 3.63) is 64.7 Å². The number of anilines is 1. The second-order valence-electron chi connectivity index (χ2n) is 6.41. The molecule has 2 N–H and O–H groups in total. The number of nitrogens with zero attached hydrogens (tertiary/aromatic N) is 1. The fourth-order valence-corrected chi connectivity index (χ4v) is 4.04. The summed E-state index contributed by atoms with van der Waals surface area (Å²) in [5.74, 6) is -0.598. The lowest BCUT2D eigenvalue weighted by Crippen LogP contribution is -2.44. The number of carbonyl (C=O) groups excluding carboxylic acids is 2. The van der Waals surface area contributed by atoms with Crippen LogP contribution in [0.25, 0.3) is 0 Å². The van der Waals surface area contributed by atoms with Crippen LogP contribution in [-0.2, 0) is 4.79 Å². The van der Waals surface area contributed by atoms with Crippen LogP contribution >= 0.6 is 11.8 Å². The zero-order valence-corrected chi connectivity index (χ0v) is 15.9. The van der Waals surface area contributed by atoms with E-state index in [1.165, 1.54) is 40.9 Å². The van der Waals surface area contributed by atoms with Crippen LogP contribution < -0.4 is 5.32 Å². The van der Waals surface area contributed by atoms with Gasteiger partial charge in [0.25, 0.3) is 5.91 Å². The molecule has 0 saturated carbocycles. The van der Waals surface area contributed by atoms with Crippen molar-refractivity contribution in [2.45, 2.75) is 19.9 Å². The Labute approximate surface area is 161 Å². The number of rotatable bonds is 4. The van der Waals surface area contributed by atoms with Gasteiger partial charge in [-0.25, -0.2) is 4.79 Å². The van der Waals surface area contributed by atoms with Gasteiger partial charge in [-0.15, -0.1) is 11.8 Å². The molecule has 140 valence electrons. The number of carbonyl (C=O) groups is 3. The minimum atomic E-state index is -1.04. The number of aromatic carboxylic acids is 1. The van der Waals surface area contributed by atoms with Crippen molar-refractivity contribution < 1.29 is 19.5 Å². The maximum atomic E-state index is 12.8. The molecular weight excluding hydrogens is 364 g/mol. The lowest BCUT2D eigenvalue weighted by Gasteiger charge is -2.23. The Morgan fingerprint density at radius 1 is 1.07 bits per heavy atom. The molecule has 1 fully saturated rings. The summed E-state index contributed by atoms with van der Waals surface area (Å²) < 4.78 is 0. The highest BCUT2D eigenvalue weighted by atomic mass is 32.2. The fourth-order valence-electron chi connectivity index (χ4n) is 2.88. The second kappa shape index (κ2) is 7.84. The highest BCUT2D eigenvalue weighted by Crippen LogP contribution is 2.25. The van der Waals surface area contributed by atoms with Gasteiger partial charge in [0.1, 0.15) is 6.04 Å². The number of amides is 2. The van der Waals surface area contributed by atoms with Crippen molar-refractivity contribution in [3.8, 4) is 0 Å². The molecule has 1 saturated heterocycles. The highest BCUT2D eigenvalue weighted by Gasteiger charge is 2.35. The number of benzene rings is 2. The van der Waals surface area contributed by atoms with E-state index in [0.29, 0.717) is 17.2 Å². The molecule has 0 radical (unpaired) electrons. The van der Waals surface area contributed by atoms with Crippen LogP contribution in [0.4, 0.5) is 5.69 Å². The molecule has 0 aliphatic carbocycles. The summed E-state index contributed by atoms with van der Waals surface area (Å²) in [6.45, 7) is 3.92. The Bertz CT molecular complexity index is 895. The molecule has 1 unspecified atom stereocenters. The predicted molar refractivity (Wildman–Crippen MR) is 105 cm³/mol. The number of aryl methyl sites for hydroxylation is 1. The van der Waals surface area contributed by atoms with Gasteiger partial charge in [-0.3, -0.25) is 9.59 Å². The Morgan fingerprint density at radius 2 is 1.74 bits per heavy atom. The van der Waals surface area contributed by atoms with Gasteiger partial charge >= 0.3 is 5.97 Å². The van der Waals surface area contributed by atoms with E-state index in [2.05, 4.69) is 5.32 Å². The molecule has 0 aromatic heterocycles. The molecule has 1 aliphatic rings. The van der Waals surface area contributed by atoms with Crippen molar-refractivity contribution >= 4 is 35.2 Å². The van der Waals surface area contributed by atoms with Gasteiger partial charge < -0.3 is 15.3 Å². The van der Waals surface area contributed by atoms with E-state index >= 15 is 0 Å². The Morgan fingerprint density at radius 3 is 2.41 bits per heavy atom. The number of carboxylic acid groups (broad SMARTS) is 1. The third kappa shape index (κ3) is 3.98. The van der Waals surface area contributed by atoms with Gasteiger partial charge in [-0.1, -0.05) is 12.1 Å². The van der Waals surface area contributed by atoms with E-state index in [4.69, 9.17) is 5.11 Å². The normalized spacial score (nSPS) is 16.2. The molecule has 2 aromatic carbocycles. The van der Waals surface area contributed by atoms with Crippen LogP contribution in [0, 0.1) is 13.8 Å². The average Bonchev–Trinajstić information content (AvgIpc) is 3.15. The van der Waals surface area contributed by atoms with Gasteiger partial charge in [0, 0.05) is 17.0 Å². The Kier molecular flexibility index (Phi) is 5.51. The lowest BCUT2D eigenvalue weighted by molar-refractivity contribution is -0.119. The molecule has 2 aromatic rings. The van der Waals surface area contributed by atoms with E-state index in [0.717, 1.165) is 16.8 Å². The topological polar surface area (TPSA) is 86.7 Å². The molecule has 1 atom stereocenters. The maximum Gasteiger partial charge on any atom is 0.335 e. The molecule has 2 amide bonds. The molecule has 1 aliphatic heterocycles. The van der Waals surface area contributed by atoms with Crippen molar-refractivity contribution in [1.29, 1.82) is 0 Å². The lowest BCUT2D eigenvalue weighted by atomic mass is 10.1. The predicted octanol–water partition coefficient (Wildman–Crippen LogP) is 3.16. The smallest absolute Gasteiger partial charge is 0.335 e. The minimum absolute atomic E-state index is 0.117. The first-order valence-electron chi connectivity index (χ1n) is 8.47. The molecular formula is C20H20N2O4S. The molecule has 7 heteroatoms. The maximum absolute atomic E-state index is 12.8. The zero-order valence-electron chi connectivity index (χ0n) is 15.1. The van der Waals surface area contributed by atoms with E-state index in [-0.39, 0.29) is 17.4 Å². The van der Waals surface area contributed by atoms with E-state index in [1.54, 1.807) is 0 Å². The van der Waals surface area contributed by atoms with Gasteiger partial charge in [-0.05, 0) is 55.3 Å². The van der Waals surface area contributed by atoms with E-state index < -0.39 is 12.0 Å². The summed E-state index contributed by atoms with van der Waals surface area (Å²) in [4.78, 5) is 38.1. The average molecular weight is 384 g/mol. The molecule has 27 heavy (non-hydrogen) atoms. The van der Waals surface area contributed by atoms with Crippen molar-refractivity contribution in [2.24, 2.45) is 0 Å². The molecule has 0 spiro atoms. The summed E-state index contributed by atoms with van der Waals surface area (Å²) in [5.41, 5.74) is 3.31. The Hall–Kier alpha value is -2.80. The molecule has 0 bridgehead atoms. The van der Waals surface area contributed by atoms with Crippen LogP contribution in [0.2, 0.25) is 0 Å². The number of hydrogen-bond acceptors (Lipinski definition) is 4. The van der Waals surface area contributed by atoms with Crippen molar-refractivity contribution in [3.63, 3.8) is 0 Å². The van der Waals surface area contributed by atoms with Crippen LogP contribution in [0.15, 0.2) is 42.5 Å². The van der Waals surface area contributed by atoms with Gasteiger partial charge in [0.15, 0.2) is 0 Å². The number of carboxylic acids is 1. The number of hydrogen-bond donors (Lipinski definition) is 2. The molecule has 3 rings (SSSR count). The van der Waals surface area contributed by atoms with E-state index in [1.807, 2.05) is 32.0 Å². The molecule has 6 nitrogen and oxygen atoms in total. The summed E-state index contributed by atoms with van der Waals surface area (Å²) in [5, 5.41) is 11.9. The summed E-state index contributed by atoms with van der Waals surface area (Å²) in [7, 11) is 0. The van der Waals surface area contributed by atoms with Crippen LogP contribution in [0.3, 0.4) is 0 Å². The zero-order chi connectivity index (χ0) is 19.6. The third-order valence-corrected chi connectivity index (χ3v) is 5.70. The van der Waals surface area contributed by atoms with E-state index in [9.17, 15) is 14.4 Å². The fraction of sp³-hybridized carbons (Fsp3) is 0.250. The van der Waals surface area contributed by atoms with Gasteiger partial charge in [0.2, 0.25) is 5.91 Å². The van der Waals surface area contributed by atoms with Crippen molar-refractivity contribution in [2.75, 3.05) is 16.9 Å². The first-order chi connectivity index (χ1) is 12.9. The first kappa shape index (κ1) is 19.0. The quantitative estimate of drug-likeness (QED) is 0.846. The Balaban J connectivity index is 1.76. The monoisotopic (exact) mass is 384 g/mol. The summed E-state index contributed by atoms with van der Waals surface area (Å²) >= 11 is 1.52. The SMILES string of the molecule is Cc1cccc(NC(=O)C2CSCN2C(=O)c2ccc(C(=O)O)cc2)c1C. The van der Waals surface area contributed by atoms with Crippen LogP contribution in [0.5, 0.6) is 0 Å². The second-order valence-corrected chi connectivity index (χ2v) is 7.41. The number of thioether (sulfide) groups is 1. The summed E-state index contributed by atoms with van der Waals surface area (Å²) in [6.07, 6.45) is 0. The first-order valence-corrected chi connectivity index (χ1v) is 9.63. The molecule has 1 heterocycles. The third-order valence-electron chi connectivity index (χ3n) is 4.69. The minimum Gasteiger partial charge on any atom is -0.478 e. The number of nitrogens with one attached hydrogen (secondary N) is 1. The standard InChI is InChI=1S/C20H20N2O4S/c1-12-4-3-5-16(13(12)2)21-18(23)17-10-27-11-22(17)19(24)14-6-8-15(9-7-14)20(25)26/h3-9,17H,10-11H2,1-2H3,(H,21,23)(H,25,26). The highest BCUT2D eigenvalue weighted by molar-refractivity contribution is 7.99.